The van der Waals surface area contributed by atoms with Crippen molar-refractivity contribution in [2.45, 2.75) is 13.5 Å². The second-order valence-electron chi connectivity index (χ2n) is 4.95. The molecule has 0 fully saturated rings. The smallest absolute Gasteiger partial charge is 0.217 e. The summed E-state index contributed by atoms with van der Waals surface area (Å²) in [5.41, 5.74) is 2.13. The predicted octanol–water partition coefficient (Wildman–Crippen LogP) is 3.49. The number of aliphatic hydroxyl groups excluding tert-OH is 1. The van der Waals surface area contributed by atoms with Crippen LogP contribution in [0.25, 0.3) is 0 Å². The van der Waals surface area contributed by atoms with Gasteiger partial charge in [-0.05, 0) is 25.1 Å². The third-order valence-electron chi connectivity index (χ3n) is 3.36. The van der Waals surface area contributed by atoms with Crippen molar-refractivity contribution >= 4 is 40.2 Å². The third-order valence-corrected chi connectivity index (χ3v) is 4.84. The zero-order valence-corrected chi connectivity index (χ0v) is 13.2. The van der Waals surface area contributed by atoms with E-state index >= 15 is 0 Å². The number of rotatable bonds is 3. The Balaban J connectivity index is 2.00. The van der Waals surface area contributed by atoms with Crippen LogP contribution in [0, 0.1) is 6.92 Å². The second-order valence-corrected chi connectivity index (χ2v) is 6.47. The van der Waals surface area contributed by atoms with Crippen LogP contribution >= 0.6 is 22.9 Å². The lowest BCUT2D eigenvalue weighted by atomic mass is 9.99. The molecule has 1 aliphatic carbocycles. The van der Waals surface area contributed by atoms with Crippen molar-refractivity contribution in [3.8, 4) is 0 Å². The van der Waals surface area contributed by atoms with Crippen LogP contribution in [0.4, 0.5) is 5.69 Å². The minimum absolute atomic E-state index is 0.0744. The van der Waals surface area contributed by atoms with Crippen molar-refractivity contribution in [1.82, 2.24) is 0 Å². The molecule has 0 spiro atoms. The molecule has 4 nitrogen and oxygen atoms in total. The van der Waals surface area contributed by atoms with Gasteiger partial charge in [0.25, 0.3) is 0 Å². The number of carbonyl (C=O) groups excluding carboxylic acids is 2. The molecular weight excluding hydrogens is 322 g/mol. The number of thiophene rings is 1. The van der Waals surface area contributed by atoms with E-state index in [2.05, 4.69) is 5.32 Å². The van der Waals surface area contributed by atoms with Gasteiger partial charge in [0.2, 0.25) is 11.6 Å². The van der Waals surface area contributed by atoms with E-state index in [1.54, 1.807) is 6.07 Å². The van der Waals surface area contributed by atoms with Crippen molar-refractivity contribution in [3.05, 3.63) is 61.9 Å². The first kappa shape index (κ1) is 15.0. The van der Waals surface area contributed by atoms with Gasteiger partial charge >= 0.3 is 0 Å². The highest BCUT2D eigenvalue weighted by molar-refractivity contribution is 7.15. The molecule has 0 atom stereocenters. The largest absolute Gasteiger partial charge is 0.391 e. The number of Topliss-reactive ketones (excluding diaryl/α,β-unsaturated/α-hetero) is 2. The number of halogens is 1. The second kappa shape index (κ2) is 5.68. The van der Waals surface area contributed by atoms with Gasteiger partial charge in [-0.15, -0.1) is 11.3 Å². The Morgan fingerprint density at radius 1 is 1.18 bits per heavy atom. The van der Waals surface area contributed by atoms with E-state index in [1.165, 1.54) is 0 Å². The number of nitrogens with one attached hydrogen (secondary N) is 1. The maximum Gasteiger partial charge on any atom is 0.217 e. The number of fused-ring (bicyclic) bond motifs is 1. The molecule has 0 unspecified atom stereocenters. The molecule has 0 aliphatic heterocycles. The van der Waals surface area contributed by atoms with Gasteiger partial charge in [0.05, 0.1) is 11.5 Å². The summed E-state index contributed by atoms with van der Waals surface area (Å²) in [5, 5.41) is 12.0. The molecule has 0 saturated carbocycles. The topological polar surface area (TPSA) is 66.4 Å². The van der Waals surface area contributed by atoms with Gasteiger partial charge in [0.15, 0.2) is 0 Å². The van der Waals surface area contributed by atoms with Crippen molar-refractivity contribution < 1.29 is 14.7 Å². The van der Waals surface area contributed by atoms with Crippen LogP contribution in [0.15, 0.2) is 41.1 Å². The number of aryl methyl sites for hydroxylation is 1. The van der Waals surface area contributed by atoms with Gasteiger partial charge in [-0.1, -0.05) is 29.3 Å². The Bertz CT molecular complexity index is 805. The van der Waals surface area contributed by atoms with Crippen LogP contribution in [-0.4, -0.2) is 16.7 Å². The normalized spacial score (nSPS) is 14.3. The molecule has 3 rings (SSSR count). The lowest BCUT2D eigenvalue weighted by molar-refractivity contribution is 0.0985. The van der Waals surface area contributed by atoms with E-state index in [1.807, 2.05) is 31.2 Å². The number of hydrogen-bond donors (Lipinski definition) is 2. The Labute approximate surface area is 136 Å². The summed E-state index contributed by atoms with van der Waals surface area (Å²) in [5.74, 6) is -0.730. The van der Waals surface area contributed by atoms with E-state index in [0.29, 0.717) is 10.6 Å². The first-order valence-electron chi connectivity index (χ1n) is 6.57. The zero-order chi connectivity index (χ0) is 15.9. The fourth-order valence-corrected chi connectivity index (χ4v) is 3.44. The Hall–Kier alpha value is -1.95. The molecule has 6 heteroatoms. The Morgan fingerprint density at radius 2 is 1.86 bits per heavy atom. The summed E-state index contributed by atoms with van der Waals surface area (Å²) in [6.45, 7) is 1.75. The molecular formula is C16H12ClNO3S. The molecule has 0 saturated heterocycles. The molecule has 2 N–H and O–H groups in total. The Morgan fingerprint density at radius 3 is 2.50 bits per heavy atom. The molecule has 1 aromatic heterocycles. The molecule has 2 aromatic rings. The summed E-state index contributed by atoms with van der Waals surface area (Å²) >= 11 is 7.17. The van der Waals surface area contributed by atoms with Gasteiger partial charge in [-0.25, -0.2) is 0 Å². The van der Waals surface area contributed by atoms with Gasteiger partial charge in [0.1, 0.15) is 10.7 Å². The van der Waals surface area contributed by atoms with E-state index in [9.17, 15) is 14.7 Å². The number of hydrogen-bond acceptors (Lipinski definition) is 5. The minimum Gasteiger partial charge on any atom is -0.391 e. The lowest BCUT2D eigenvalue weighted by Crippen LogP contribution is -2.22. The van der Waals surface area contributed by atoms with Gasteiger partial charge in [-0.3, -0.25) is 9.59 Å². The van der Waals surface area contributed by atoms with Crippen molar-refractivity contribution in [2.24, 2.45) is 0 Å². The van der Waals surface area contributed by atoms with E-state index in [4.69, 9.17) is 11.6 Å². The standard InChI is InChI=1S/C16H12ClNO3S/c1-8-2-4-9(5-3-8)18-13-12(17)15(21)16-11(14(13)20)6-10(7-19)22-16/h2-6,18-19H,7H2,1H3. The highest BCUT2D eigenvalue weighted by Gasteiger charge is 2.33. The number of benzene rings is 1. The number of aliphatic hydroxyl groups is 1. The van der Waals surface area contributed by atoms with E-state index < -0.39 is 5.78 Å². The van der Waals surface area contributed by atoms with Gasteiger partial charge < -0.3 is 10.4 Å². The predicted molar refractivity (Wildman–Crippen MR) is 86.6 cm³/mol. The lowest BCUT2D eigenvalue weighted by Gasteiger charge is -2.16. The van der Waals surface area contributed by atoms with Crippen LogP contribution in [0.1, 0.15) is 30.5 Å². The monoisotopic (exact) mass is 333 g/mol. The van der Waals surface area contributed by atoms with Crippen LogP contribution in [-0.2, 0) is 6.61 Å². The third kappa shape index (κ3) is 2.47. The maximum atomic E-state index is 12.5. The summed E-state index contributed by atoms with van der Waals surface area (Å²) in [6.07, 6.45) is 0. The van der Waals surface area contributed by atoms with Crippen molar-refractivity contribution in [1.29, 1.82) is 0 Å². The maximum absolute atomic E-state index is 12.5. The summed E-state index contributed by atoms with van der Waals surface area (Å²) < 4.78 is 0. The summed E-state index contributed by atoms with van der Waals surface area (Å²) in [4.78, 5) is 25.7. The zero-order valence-electron chi connectivity index (χ0n) is 11.6. The SMILES string of the molecule is Cc1ccc(NC2=C(Cl)C(=O)c3sc(CO)cc3C2=O)cc1. The van der Waals surface area contributed by atoms with Crippen LogP contribution in [0.3, 0.4) is 0 Å². The molecule has 112 valence electrons. The molecule has 0 amide bonds. The van der Waals surface area contributed by atoms with Crippen molar-refractivity contribution in [3.63, 3.8) is 0 Å². The summed E-state index contributed by atoms with van der Waals surface area (Å²) in [6, 6.07) is 8.96. The molecule has 1 aliphatic rings. The number of allylic oxidation sites excluding steroid dienone is 2. The first-order valence-corrected chi connectivity index (χ1v) is 7.77. The average Bonchev–Trinajstić information content (AvgIpc) is 2.96. The van der Waals surface area contributed by atoms with Crippen LogP contribution in [0.5, 0.6) is 0 Å². The van der Waals surface area contributed by atoms with Gasteiger partial charge in [-0.2, -0.15) is 0 Å². The first-order chi connectivity index (χ1) is 10.5. The molecule has 22 heavy (non-hydrogen) atoms. The fourth-order valence-electron chi connectivity index (χ4n) is 2.20. The number of ketones is 2. The number of anilines is 1. The fraction of sp³-hybridized carbons (Fsp3) is 0.125. The van der Waals surface area contributed by atoms with Crippen LogP contribution in [0.2, 0.25) is 0 Å². The Kier molecular flexibility index (Phi) is 3.87. The number of carbonyl (C=O) groups is 2. The molecule has 1 aromatic carbocycles. The highest BCUT2D eigenvalue weighted by atomic mass is 35.5. The minimum atomic E-state index is -0.393. The van der Waals surface area contributed by atoms with Crippen molar-refractivity contribution in [2.75, 3.05) is 5.32 Å². The van der Waals surface area contributed by atoms with Crippen LogP contribution < -0.4 is 5.32 Å². The molecule has 1 heterocycles. The van der Waals surface area contributed by atoms with E-state index in [0.717, 1.165) is 16.9 Å². The average molecular weight is 334 g/mol. The molecule has 0 bridgehead atoms. The highest BCUT2D eigenvalue weighted by Crippen LogP contribution is 2.34. The van der Waals surface area contributed by atoms with Gasteiger partial charge in [0, 0.05) is 16.1 Å². The van der Waals surface area contributed by atoms with E-state index in [-0.39, 0.29) is 33.6 Å². The summed E-state index contributed by atoms with van der Waals surface area (Å²) in [7, 11) is 0. The molecule has 0 radical (unpaired) electrons. The quantitative estimate of drug-likeness (QED) is 0.902.